The van der Waals surface area contributed by atoms with Gasteiger partial charge in [-0.25, -0.2) is 0 Å². The van der Waals surface area contributed by atoms with E-state index in [9.17, 15) is 0 Å². The van der Waals surface area contributed by atoms with Crippen molar-refractivity contribution in [2.75, 3.05) is 0 Å². The number of fused-ring (bicyclic) bond motifs is 3. The first-order valence-electron chi connectivity index (χ1n) is 7.47. The summed E-state index contributed by atoms with van der Waals surface area (Å²) in [5.74, 6) is 6.67. The molecule has 4 aliphatic carbocycles. The average molecular weight is 218 g/mol. The molecule has 0 heterocycles. The van der Waals surface area contributed by atoms with Gasteiger partial charge in [-0.15, -0.1) is 0 Å². The zero-order chi connectivity index (χ0) is 11.3. The fourth-order valence-corrected chi connectivity index (χ4v) is 6.83. The summed E-state index contributed by atoms with van der Waals surface area (Å²) in [6, 6.07) is 0. The molecule has 4 aliphatic rings. The number of hydrogen-bond acceptors (Lipinski definition) is 0. The first-order chi connectivity index (χ1) is 7.47. The lowest BCUT2D eigenvalue weighted by atomic mass is 9.72. The van der Waals surface area contributed by atoms with Crippen LogP contribution in [0.25, 0.3) is 0 Å². The summed E-state index contributed by atoms with van der Waals surface area (Å²) in [6.07, 6.45) is 6.36. The van der Waals surface area contributed by atoms with Crippen molar-refractivity contribution in [1.82, 2.24) is 0 Å². The van der Waals surface area contributed by atoms with Crippen molar-refractivity contribution >= 4 is 0 Å². The van der Waals surface area contributed by atoms with Crippen LogP contribution in [0.1, 0.15) is 53.4 Å². The Morgan fingerprint density at radius 2 is 1.81 bits per heavy atom. The molecule has 0 nitrogen and oxygen atoms in total. The van der Waals surface area contributed by atoms with E-state index in [2.05, 4.69) is 27.7 Å². The Balaban J connectivity index is 1.73. The standard InChI is InChI=1S/C16H26/c1-9-14-13(15(2,3)4)8-12-10-5-6-11(7-10)16(9,12)14/h9-14H,5-8H2,1-4H3. The molecule has 4 fully saturated rings. The summed E-state index contributed by atoms with van der Waals surface area (Å²) in [7, 11) is 0. The van der Waals surface area contributed by atoms with E-state index in [0.29, 0.717) is 5.41 Å². The number of hydrogen-bond donors (Lipinski definition) is 0. The summed E-state index contributed by atoms with van der Waals surface area (Å²) in [4.78, 5) is 0. The van der Waals surface area contributed by atoms with Gasteiger partial charge in [0.05, 0.1) is 0 Å². The van der Waals surface area contributed by atoms with Crippen LogP contribution in [0.15, 0.2) is 0 Å². The van der Waals surface area contributed by atoms with E-state index < -0.39 is 0 Å². The lowest BCUT2D eigenvalue weighted by molar-refractivity contribution is 0.165. The molecule has 0 heteroatoms. The van der Waals surface area contributed by atoms with E-state index >= 15 is 0 Å². The van der Waals surface area contributed by atoms with Crippen LogP contribution in [-0.4, -0.2) is 0 Å². The smallest absolute Gasteiger partial charge is 0.0176 e. The minimum absolute atomic E-state index is 0.562. The normalized spacial score (nSPS) is 62.2. The Labute approximate surface area is 100 Å². The third-order valence-electron chi connectivity index (χ3n) is 7.24. The fraction of sp³-hybridized carbons (Fsp3) is 1.00. The highest BCUT2D eigenvalue weighted by atomic mass is 14.8. The van der Waals surface area contributed by atoms with Crippen molar-refractivity contribution in [1.29, 1.82) is 0 Å². The van der Waals surface area contributed by atoms with Crippen molar-refractivity contribution in [3.8, 4) is 0 Å². The average Bonchev–Trinajstić information content (AvgIpc) is 2.70. The van der Waals surface area contributed by atoms with Gasteiger partial charge in [-0.2, -0.15) is 0 Å². The molecule has 7 atom stereocenters. The predicted octanol–water partition coefficient (Wildman–Crippen LogP) is 4.35. The maximum atomic E-state index is 2.58. The van der Waals surface area contributed by atoms with Gasteiger partial charge in [0, 0.05) is 0 Å². The second-order valence-corrected chi connectivity index (χ2v) is 8.40. The SMILES string of the molecule is CC1C2C(C(C)(C)C)CC3C4CCC(C4)C132. The highest BCUT2D eigenvalue weighted by molar-refractivity contribution is 5.27. The van der Waals surface area contributed by atoms with Gasteiger partial charge in [-0.3, -0.25) is 0 Å². The van der Waals surface area contributed by atoms with E-state index in [4.69, 9.17) is 0 Å². The molecule has 0 aromatic heterocycles. The van der Waals surface area contributed by atoms with E-state index in [1.54, 1.807) is 25.7 Å². The van der Waals surface area contributed by atoms with Gasteiger partial charge < -0.3 is 0 Å². The molecule has 0 saturated heterocycles. The first-order valence-corrected chi connectivity index (χ1v) is 7.47. The highest BCUT2D eigenvalue weighted by Crippen LogP contribution is 2.85. The molecule has 1 spiro atoms. The van der Waals surface area contributed by atoms with Gasteiger partial charge >= 0.3 is 0 Å². The molecule has 90 valence electrons. The summed E-state index contributed by atoms with van der Waals surface area (Å²) in [5, 5.41) is 0. The molecule has 4 saturated carbocycles. The topological polar surface area (TPSA) is 0 Å². The molecule has 0 N–H and O–H groups in total. The van der Waals surface area contributed by atoms with Crippen LogP contribution in [-0.2, 0) is 0 Å². The van der Waals surface area contributed by atoms with Crippen LogP contribution in [0.2, 0.25) is 0 Å². The first kappa shape index (κ1) is 9.97. The molecule has 0 aromatic carbocycles. The zero-order valence-electron chi connectivity index (χ0n) is 11.3. The van der Waals surface area contributed by atoms with Crippen LogP contribution in [0, 0.1) is 46.3 Å². The summed E-state index contributed by atoms with van der Waals surface area (Å²) >= 11 is 0. The molecule has 0 aliphatic heterocycles. The van der Waals surface area contributed by atoms with Crippen LogP contribution >= 0.6 is 0 Å². The lowest BCUT2D eigenvalue weighted by Crippen LogP contribution is -2.25. The molecule has 4 rings (SSSR count). The lowest BCUT2D eigenvalue weighted by Gasteiger charge is -2.32. The largest absolute Gasteiger partial charge is 0.0616 e. The Kier molecular flexibility index (Phi) is 1.59. The zero-order valence-corrected chi connectivity index (χ0v) is 11.3. The maximum absolute atomic E-state index is 2.58. The van der Waals surface area contributed by atoms with Gasteiger partial charge in [-0.1, -0.05) is 27.7 Å². The molecule has 0 aromatic rings. The van der Waals surface area contributed by atoms with Crippen LogP contribution in [0.4, 0.5) is 0 Å². The minimum atomic E-state index is 0.562. The van der Waals surface area contributed by atoms with E-state index in [0.717, 1.165) is 40.9 Å². The molecule has 16 heavy (non-hydrogen) atoms. The third-order valence-corrected chi connectivity index (χ3v) is 7.24. The Morgan fingerprint density at radius 3 is 2.44 bits per heavy atom. The predicted molar refractivity (Wildman–Crippen MR) is 67.0 cm³/mol. The minimum Gasteiger partial charge on any atom is -0.0616 e. The van der Waals surface area contributed by atoms with E-state index in [-0.39, 0.29) is 0 Å². The van der Waals surface area contributed by atoms with Gasteiger partial charge in [0.1, 0.15) is 0 Å². The Hall–Kier alpha value is 0. The molecular formula is C16H26. The van der Waals surface area contributed by atoms with E-state index in [1.807, 2.05) is 0 Å². The van der Waals surface area contributed by atoms with Crippen molar-refractivity contribution in [3.63, 3.8) is 0 Å². The molecule has 0 amide bonds. The monoisotopic (exact) mass is 218 g/mol. The van der Waals surface area contributed by atoms with Crippen LogP contribution in [0.3, 0.4) is 0 Å². The Morgan fingerprint density at radius 1 is 1.06 bits per heavy atom. The maximum Gasteiger partial charge on any atom is -0.0176 e. The Bertz CT molecular complexity index is 336. The molecular weight excluding hydrogens is 192 g/mol. The number of rotatable bonds is 0. The van der Waals surface area contributed by atoms with Crippen molar-refractivity contribution < 1.29 is 0 Å². The summed E-state index contributed by atoms with van der Waals surface area (Å²) in [6.45, 7) is 10.0. The van der Waals surface area contributed by atoms with Crippen molar-refractivity contribution in [2.24, 2.45) is 46.3 Å². The van der Waals surface area contributed by atoms with Gasteiger partial charge in [0.25, 0.3) is 0 Å². The van der Waals surface area contributed by atoms with Gasteiger partial charge in [0.15, 0.2) is 0 Å². The van der Waals surface area contributed by atoms with Crippen molar-refractivity contribution in [2.45, 2.75) is 53.4 Å². The van der Waals surface area contributed by atoms with Crippen LogP contribution < -0.4 is 0 Å². The quantitative estimate of drug-likeness (QED) is 0.567. The molecule has 7 unspecified atom stereocenters. The third kappa shape index (κ3) is 0.842. The van der Waals surface area contributed by atoms with Gasteiger partial charge in [-0.05, 0) is 72.0 Å². The molecule has 0 radical (unpaired) electrons. The fourth-order valence-electron chi connectivity index (χ4n) is 6.83. The van der Waals surface area contributed by atoms with Crippen molar-refractivity contribution in [3.05, 3.63) is 0 Å². The van der Waals surface area contributed by atoms with Crippen LogP contribution in [0.5, 0.6) is 0 Å². The van der Waals surface area contributed by atoms with Gasteiger partial charge in [0.2, 0.25) is 0 Å². The summed E-state index contributed by atoms with van der Waals surface area (Å²) in [5.41, 5.74) is 1.44. The molecule has 2 bridgehead atoms. The second kappa shape index (κ2) is 2.54. The highest BCUT2D eigenvalue weighted by Gasteiger charge is 2.80. The second-order valence-electron chi connectivity index (χ2n) is 8.40. The van der Waals surface area contributed by atoms with E-state index in [1.165, 1.54) is 0 Å². The summed E-state index contributed by atoms with van der Waals surface area (Å²) < 4.78 is 0.